The average Bonchev–Trinajstić information content (AvgIpc) is 3.03. The van der Waals surface area contributed by atoms with Gasteiger partial charge in [0.1, 0.15) is 0 Å². The third-order valence-corrected chi connectivity index (χ3v) is 6.55. The van der Waals surface area contributed by atoms with Crippen molar-refractivity contribution in [2.75, 3.05) is 16.0 Å². The Morgan fingerprint density at radius 1 is 0.476 bits per heavy atom. The van der Waals surface area contributed by atoms with Crippen LogP contribution in [0.5, 0.6) is 0 Å². The minimum absolute atomic E-state index is 0.0443. The zero-order chi connectivity index (χ0) is 29.3. The second kappa shape index (κ2) is 13.1. The van der Waals surface area contributed by atoms with Crippen LogP contribution >= 0.6 is 0 Å². The van der Waals surface area contributed by atoms with Gasteiger partial charge >= 0.3 is 0 Å². The molecule has 5 rings (SSSR count). The minimum Gasteiger partial charge on any atom is -0.346 e. The van der Waals surface area contributed by atoms with Crippen LogP contribution in [0.2, 0.25) is 0 Å². The van der Waals surface area contributed by atoms with E-state index in [2.05, 4.69) is 21.3 Å². The smallest absolute Gasteiger partial charge is 0.255 e. The molecule has 1 atom stereocenters. The van der Waals surface area contributed by atoms with Gasteiger partial charge in [-0.25, -0.2) is 0 Å². The summed E-state index contributed by atoms with van der Waals surface area (Å²) in [6.07, 6.45) is 8.51. The quantitative estimate of drug-likeness (QED) is 0.211. The van der Waals surface area contributed by atoms with Crippen molar-refractivity contribution in [1.29, 1.82) is 0 Å². The van der Waals surface area contributed by atoms with Gasteiger partial charge in [-0.2, -0.15) is 0 Å². The van der Waals surface area contributed by atoms with Gasteiger partial charge in [0.05, 0.1) is 6.04 Å². The molecule has 0 aliphatic heterocycles. The molecule has 0 radical (unpaired) electrons. The van der Waals surface area contributed by atoms with Crippen molar-refractivity contribution in [1.82, 2.24) is 5.32 Å². The third-order valence-electron chi connectivity index (χ3n) is 6.55. The molecular formula is C34H28N4O4. The van der Waals surface area contributed by atoms with Crippen LogP contribution in [0.25, 0.3) is 0 Å². The number of carbonyl (C=O) groups excluding carboxylic acids is 4. The highest BCUT2D eigenvalue weighted by Crippen LogP contribution is 2.17. The molecule has 0 heterocycles. The number of nitrogens with one attached hydrogen (secondary N) is 4. The summed E-state index contributed by atoms with van der Waals surface area (Å²) < 4.78 is 0. The van der Waals surface area contributed by atoms with Crippen molar-refractivity contribution in [3.05, 3.63) is 150 Å². The lowest BCUT2D eigenvalue weighted by atomic mass is 10.1. The van der Waals surface area contributed by atoms with E-state index in [-0.39, 0.29) is 29.7 Å². The van der Waals surface area contributed by atoms with E-state index in [1.807, 2.05) is 42.5 Å². The van der Waals surface area contributed by atoms with Gasteiger partial charge in [-0.05, 0) is 91.3 Å². The molecule has 1 aliphatic carbocycles. The molecule has 8 nitrogen and oxygen atoms in total. The Morgan fingerprint density at radius 2 is 0.881 bits per heavy atom. The molecule has 4 amide bonds. The average molecular weight is 557 g/mol. The third kappa shape index (κ3) is 7.25. The zero-order valence-corrected chi connectivity index (χ0v) is 22.5. The van der Waals surface area contributed by atoms with E-state index in [1.165, 1.54) is 0 Å². The first-order valence-corrected chi connectivity index (χ1v) is 13.4. The van der Waals surface area contributed by atoms with Crippen molar-refractivity contribution in [3.63, 3.8) is 0 Å². The summed E-state index contributed by atoms with van der Waals surface area (Å²) in [5, 5.41) is 11.4. The fourth-order valence-electron chi connectivity index (χ4n) is 4.25. The highest BCUT2D eigenvalue weighted by Gasteiger charge is 2.14. The molecule has 0 saturated carbocycles. The van der Waals surface area contributed by atoms with Crippen molar-refractivity contribution < 1.29 is 19.2 Å². The van der Waals surface area contributed by atoms with Crippen LogP contribution in [0.15, 0.2) is 127 Å². The van der Waals surface area contributed by atoms with Gasteiger partial charge in [-0.15, -0.1) is 0 Å². The van der Waals surface area contributed by atoms with Gasteiger partial charge < -0.3 is 21.3 Å². The fraction of sp³-hybridized carbons (Fsp3) is 0.0588. The second-order valence-electron chi connectivity index (χ2n) is 9.59. The molecule has 4 aromatic carbocycles. The van der Waals surface area contributed by atoms with E-state index in [0.717, 1.165) is 6.42 Å². The van der Waals surface area contributed by atoms with Crippen molar-refractivity contribution in [2.45, 2.75) is 12.5 Å². The highest BCUT2D eigenvalue weighted by molar-refractivity contribution is 6.08. The number of para-hydroxylation sites is 1. The number of amides is 4. The van der Waals surface area contributed by atoms with E-state index < -0.39 is 0 Å². The first-order chi connectivity index (χ1) is 20.4. The molecule has 0 aromatic heterocycles. The maximum atomic E-state index is 12.7. The fourth-order valence-corrected chi connectivity index (χ4v) is 4.25. The predicted molar refractivity (Wildman–Crippen MR) is 164 cm³/mol. The highest BCUT2D eigenvalue weighted by atomic mass is 16.2. The lowest BCUT2D eigenvalue weighted by molar-refractivity contribution is 0.0941. The van der Waals surface area contributed by atoms with E-state index in [0.29, 0.717) is 39.3 Å². The summed E-state index contributed by atoms with van der Waals surface area (Å²) in [4.78, 5) is 50.3. The van der Waals surface area contributed by atoms with Gasteiger partial charge in [0.15, 0.2) is 0 Å². The van der Waals surface area contributed by atoms with Crippen LogP contribution in [0, 0.1) is 0 Å². The summed E-state index contributed by atoms with van der Waals surface area (Å²) in [7, 11) is 0. The summed E-state index contributed by atoms with van der Waals surface area (Å²) in [5.74, 6) is -1.12. The Kier molecular flexibility index (Phi) is 8.64. The van der Waals surface area contributed by atoms with Gasteiger partial charge in [0.2, 0.25) is 0 Å². The van der Waals surface area contributed by atoms with Crippen molar-refractivity contribution in [2.24, 2.45) is 0 Å². The lowest BCUT2D eigenvalue weighted by Gasteiger charge is -2.15. The predicted octanol–water partition coefficient (Wildman–Crippen LogP) is 6.06. The molecule has 208 valence electrons. The lowest BCUT2D eigenvalue weighted by Crippen LogP contribution is -2.33. The Hall–Kier alpha value is -5.76. The molecule has 4 aromatic rings. The van der Waals surface area contributed by atoms with Crippen LogP contribution in [-0.4, -0.2) is 29.7 Å². The molecule has 0 bridgehead atoms. The van der Waals surface area contributed by atoms with Crippen LogP contribution in [0.1, 0.15) is 47.9 Å². The second-order valence-corrected chi connectivity index (χ2v) is 9.59. The Labute approximate surface area is 243 Å². The minimum atomic E-state index is -0.332. The Bertz CT molecular complexity index is 1640. The Morgan fingerprint density at radius 3 is 1.29 bits per heavy atom. The molecule has 0 fully saturated rings. The monoisotopic (exact) mass is 556 g/mol. The van der Waals surface area contributed by atoms with Crippen LogP contribution in [-0.2, 0) is 0 Å². The summed E-state index contributed by atoms with van der Waals surface area (Å²) in [6.45, 7) is 0. The van der Waals surface area contributed by atoms with E-state index in [9.17, 15) is 19.2 Å². The Balaban J connectivity index is 1.12. The number of carbonyl (C=O) groups is 4. The van der Waals surface area contributed by atoms with Crippen molar-refractivity contribution >= 4 is 40.7 Å². The zero-order valence-electron chi connectivity index (χ0n) is 22.5. The molecule has 4 N–H and O–H groups in total. The molecule has 8 heteroatoms. The van der Waals surface area contributed by atoms with Crippen molar-refractivity contribution in [3.8, 4) is 0 Å². The maximum absolute atomic E-state index is 12.7. The molecule has 42 heavy (non-hydrogen) atoms. The van der Waals surface area contributed by atoms with Gasteiger partial charge in [0, 0.05) is 39.3 Å². The number of hydrogen-bond donors (Lipinski definition) is 4. The SMILES string of the molecule is O=C(Nc1ccccc1)c1ccc(C(=O)Nc2ccc(NC(=O)c3ccc(C(=O)NC4C=CC=CC4)cc3)cc2)cc1. The summed E-state index contributed by atoms with van der Waals surface area (Å²) in [6, 6.07) is 28.6. The van der Waals surface area contributed by atoms with Gasteiger partial charge in [0.25, 0.3) is 23.6 Å². The molecular weight excluding hydrogens is 528 g/mol. The first-order valence-electron chi connectivity index (χ1n) is 13.4. The topological polar surface area (TPSA) is 116 Å². The largest absolute Gasteiger partial charge is 0.346 e. The maximum Gasteiger partial charge on any atom is 0.255 e. The number of hydrogen-bond acceptors (Lipinski definition) is 4. The molecule has 0 spiro atoms. The molecule has 1 unspecified atom stereocenters. The number of rotatable bonds is 8. The summed E-state index contributed by atoms with van der Waals surface area (Å²) in [5.41, 5.74) is 3.49. The molecule has 1 aliphatic rings. The van der Waals surface area contributed by atoms with E-state index in [1.54, 1.807) is 84.9 Å². The first kappa shape index (κ1) is 27.8. The van der Waals surface area contributed by atoms with Crippen LogP contribution in [0.4, 0.5) is 17.1 Å². The van der Waals surface area contributed by atoms with Crippen LogP contribution < -0.4 is 21.3 Å². The number of benzene rings is 4. The summed E-state index contributed by atoms with van der Waals surface area (Å²) >= 11 is 0. The number of allylic oxidation sites excluding steroid dienone is 2. The standard InChI is InChI=1S/C34H28N4O4/c39-31(35-27-7-3-1-4-8-27)23-11-15-25(16-12-23)33(41)37-29-19-21-30(22-20-29)38-34(42)26-17-13-24(14-18-26)32(40)36-28-9-5-2-6-10-28/h1-9,11-22,28H,10H2,(H,35,39)(H,36,40)(H,37,41)(H,38,42). The van der Waals surface area contributed by atoms with Gasteiger partial charge in [-0.1, -0.05) is 42.5 Å². The van der Waals surface area contributed by atoms with Crippen LogP contribution in [0.3, 0.4) is 0 Å². The molecule has 0 saturated heterocycles. The van der Waals surface area contributed by atoms with E-state index >= 15 is 0 Å². The van der Waals surface area contributed by atoms with E-state index in [4.69, 9.17) is 0 Å². The normalized spacial score (nSPS) is 13.6. The number of anilines is 3. The van der Waals surface area contributed by atoms with Gasteiger partial charge in [-0.3, -0.25) is 19.2 Å².